The molecule has 150 valence electrons. The molecule has 0 fully saturated rings. The van der Waals surface area contributed by atoms with Crippen LogP contribution in [0.4, 0.5) is 5.69 Å². The summed E-state index contributed by atoms with van der Waals surface area (Å²) >= 11 is 6.33. The van der Waals surface area contributed by atoms with Crippen molar-refractivity contribution in [2.75, 3.05) is 7.11 Å². The van der Waals surface area contributed by atoms with Crippen molar-refractivity contribution in [1.82, 2.24) is 4.57 Å². The highest BCUT2D eigenvalue weighted by molar-refractivity contribution is 6.34. The van der Waals surface area contributed by atoms with Crippen LogP contribution in [0.2, 0.25) is 5.02 Å². The smallest absolute Gasteiger partial charge is 0.337 e. The van der Waals surface area contributed by atoms with Crippen molar-refractivity contribution >= 4 is 40.1 Å². The van der Waals surface area contributed by atoms with Crippen LogP contribution in [-0.2, 0) is 4.74 Å². The van der Waals surface area contributed by atoms with Crippen LogP contribution in [-0.4, -0.2) is 28.5 Å². The Labute approximate surface area is 172 Å². The Hall–Kier alpha value is -3.19. The van der Waals surface area contributed by atoms with E-state index in [2.05, 4.69) is 0 Å². The number of nitro groups is 1. The number of nitrogens with zero attached hydrogens (tertiary/aromatic N) is 2. The monoisotopic (exact) mass is 414 g/mol. The third-order valence-corrected chi connectivity index (χ3v) is 4.87. The molecule has 0 bridgehead atoms. The lowest BCUT2D eigenvalue weighted by atomic mass is 9.95. The molecule has 3 aromatic rings. The van der Waals surface area contributed by atoms with Crippen LogP contribution < -0.4 is 0 Å². The zero-order valence-corrected chi connectivity index (χ0v) is 17.1. The zero-order valence-electron chi connectivity index (χ0n) is 16.4. The van der Waals surface area contributed by atoms with Gasteiger partial charge in [-0.05, 0) is 18.2 Å². The Morgan fingerprint density at radius 1 is 1.10 bits per heavy atom. The fourth-order valence-corrected chi connectivity index (χ4v) is 3.27. The lowest BCUT2D eigenvalue weighted by Gasteiger charge is -2.17. The number of ether oxygens (including phenoxy) is 1. The lowest BCUT2D eigenvalue weighted by molar-refractivity contribution is -0.384. The van der Waals surface area contributed by atoms with Crippen LogP contribution in [0.3, 0.4) is 0 Å². The number of halogens is 1. The largest absolute Gasteiger partial charge is 0.465 e. The van der Waals surface area contributed by atoms with Crippen molar-refractivity contribution in [2.24, 2.45) is 5.41 Å². The second kappa shape index (κ2) is 7.33. The van der Waals surface area contributed by atoms with Gasteiger partial charge in [-0.25, -0.2) is 4.79 Å². The molecule has 7 nitrogen and oxygen atoms in total. The van der Waals surface area contributed by atoms with E-state index in [0.717, 1.165) is 0 Å². The number of nitro benzene ring substituents is 1. The summed E-state index contributed by atoms with van der Waals surface area (Å²) in [5, 5.41) is 12.2. The molecule has 3 rings (SSSR count). The number of fused-ring (bicyclic) bond motifs is 1. The Morgan fingerprint density at radius 3 is 2.38 bits per heavy atom. The van der Waals surface area contributed by atoms with Gasteiger partial charge in [0.25, 0.3) is 5.69 Å². The van der Waals surface area contributed by atoms with Crippen LogP contribution in [0, 0.1) is 15.5 Å². The van der Waals surface area contributed by atoms with E-state index in [1.54, 1.807) is 45.2 Å². The molecule has 0 amide bonds. The summed E-state index contributed by atoms with van der Waals surface area (Å²) in [6.45, 7) is 5.35. The van der Waals surface area contributed by atoms with Gasteiger partial charge in [0.15, 0.2) is 0 Å². The van der Waals surface area contributed by atoms with Gasteiger partial charge in [0.1, 0.15) is 0 Å². The first-order chi connectivity index (χ1) is 13.5. The van der Waals surface area contributed by atoms with Crippen molar-refractivity contribution in [3.8, 4) is 11.1 Å². The van der Waals surface area contributed by atoms with Crippen LogP contribution in [0.25, 0.3) is 22.0 Å². The minimum absolute atomic E-state index is 0.112. The van der Waals surface area contributed by atoms with Crippen molar-refractivity contribution in [2.45, 2.75) is 20.8 Å². The topological polar surface area (TPSA) is 91.4 Å². The highest BCUT2D eigenvalue weighted by Gasteiger charge is 2.27. The van der Waals surface area contributed by atoms with E-state index in [1.165, 1.54) is 29.9 Å². The molecule has 29 heavy (non-hydrogen) atoms. The van der Waals surface area contributed by atoms with Crippen LogP contribution >= 0.6 is 11.6 Å². The number of esters is 1. The molecule has 0 saturated carbocycles. The maximum absolute atomic E-state index is 13.0. The Morgan fingerprint density at radius 2 is 1.79 bits per heavy atom. The second-order valence-corrected chi connectivity index (χ2v) is 8.02. The van der Waals surface area contributed by atoms with Gasteiger partial charge in [-0.1, -0.05) is 38.4 Å². The van der Waals surface area contributed by atoms with Crippen LogP contribution in [0.15, 0.2) is 42.6 Å². The fraction of sp³-hybridized carbons (Fsp3) is 0.238. The van der Waals surface area contributed by atoms with Crippen LogP contribution in [0.5, 0.6) is 0 Å². The van der Waals surface area contributed by atoms with Gasteiger partial charge in [0, 0.05) is 45.3 Å². The SMILES string of the molecule is COC(=O)c1ccc2c(-c3cc([N+](=O)[O-])ccc3Cl)cn(C(=O)C(C)(C)C)c2c1. The first-order valence-corrected chi connectivity index (χ1v) is 9.15. The van der Waals surface area contributed by atoms with Crippen LogP contribution in [0.1, 0.15) is 35.9 Å². The normalized spacial score (nSPS) is 11.5. The van der Waals surface area contributed by atoms with E-state index in [9.17, 15) is 19.7 Å². The predicted molar refractivity (Wildman–Crippen MR) is 110 cm³/mol. The molecule has 2 aromatic carbocycles. The van der Waals surface area contributed by atoms with E-state index in [1.807, 2.05) is 0 Å². The van der Waals surface area contributed by atoms with E-state index in [0.29, 0.717) is 27.1 Å². The number of methoxy groups -OCH3 is 1. The first-order valence-electron chi connectivity index (χ1n) is 8.77. The molecule has 8 heteroatoms. The quantitative estimate of drug-likeness (QED) is 0.327. The summed E-state index contributed by atoms with van der Waals surface area (Å²) < 4.78 is 6.23. The minimum Gasteiger partial charge on any atom is -0.465 e. The van der Waals surface area contributed by atoms with Crippen molar-refractivity contribution in [3.63, 3.8) is 0 Å². The van der Waals surface area contributed by atoms with Crippen molar-refractivity contribution in [3.05, 3.63) is 63.3 Å². The van der Waals surface area contributed by atoms with E-state index in [4.69, 9.17) is 16.3 Å². The molecule has 0 aliphatic carbocycles. The van der Waals surface area contributed by atoms with Crippen molar-refractivity contribution in [1.29, 1.82) is 0 Å². The molecule has 1 aromatic heterocycles. The molecule has 0 saturated heterocycles. The summed E-state index contributed by atoms with van der Waals surface area (Å²) in [7, 11) is 1.28. The predicted octanol–water partition coefficient (Wildman–Crippen LogP) is 5.34. The summed E-state index contributed by atoms with van der Waals surface area (Å²) in [4.78, 5) is 35.7. The summed E-state index contributed by atoms with van der Waals surface area (Å²) in [6.07, 6.45) is 1.60. The number of carbonyl (C=O) groups is 2. The van der Waals surface area contributed by atoms with E-state index >= 15 is 0 Å². The molecular formula is C21H19ClN2O5. The molecule has 0 radical (unpaired) electrons. The third-order valence-electron chi connectivity index (χ3n) is 4.54. The van der Waals surface area contributed by atoms with Gasteiger partial charge in [0.2, 0.25) is 5.91 Å². The molecule has 0 spiro atoms. The maximum atomic E-state index is 13.0. The number of hydrogen-bond acceptors (Lipinski definition) is 5. The third kappa shape index (κ3) is 3.73. The number of benzene rings is 2. The lowest BCUT2D eigenvalue weighted by Crippen LogP contribution is -2.26. The molecule has 0 aliphatic rings. The first kappa shape index (κ1) is 20.5. The van der Waals surface area contributed by atoms with Gasteiger partial charge < -0.3 is 4.74 Å². The Kier molecular flexibility index (Phi) is 5.19. The average molecular weight is 415 g/mol. The van der Waals surface area contributed by atoms with Gasteiger partial charge in [-0.15, -0.1) is 0 Å². The number of rotatable bonds is 3. The highest BCUT2D eigenvalue weighted by atomic mass is 35.5. The van der Waals surface area contributed by atoms with E-state index < -0.39 is 16.3 Å². The van der Waals surface area contributed by atoms with Gasteiger partial charge in [0.05, 0.1) is 23.1 Å². The van der Waals surface area contributed by atoms with E-state index in [-0.39, 0.29) is 17.2 Å². The summed E-state index contributed by atoms with van der Waals surface area (Å²) in [6, 6.07) is 8.97. The minimum atomic E-state index is -0.697. The summed E-state index contributed by atoms with van der Waals surface area (Å²) in [5.41, 5.74) is 0.957. The molecule has 0 aliphatic heterocycles. The van der Waals surface area contributed by atoms with Gasteiger partial charge in [-0.2, -0.15) is 0 Å². The average Bonchev–Trinajstić information content (AvgIpc) is 3.04. The Bertz CT molecular complexity index is 1160. The number of carbonyl (C=O) groups excluding carboxylic acids is 2. The summed E-state index contributed by atoms with van der Waals surface area (Å²) in [5.74, 6) is -0.727. The maximum Gasteiger partial charge on any atom is 0.337 e. The fourth-order valence-electron chi connectivity index (χ4n) is 3.05. The zero-order chi connectivity index (χ0) is 21.5. The second-order valence-electron chi connectivity index (χ2n) is 7.61. The molecule has 1 heterocycles. The molecule has 0 N–H and O–H groups in total. The van der Waals surface area contributed by atoms with Gasteiger partial charge >= 0.3 is 5.97 Å². The standard InChI is InChI=1S/C21H19ClN2O5/c1-21(2,3)20(26)23-11-16(15-10-13(24(27)28)6-8-17(15)22)14-7-5-12(9-18(14)23)19(25)29-4/h5-11H,1-4H3. The molecule has 0 atom stereocenters. The van der Waals surface area contributed by atoms with Crippen molar-refractivity contribution < 1.29 is 19.2 Å². The van der Waals surface area contributed by atoms with Gasteiger partial charge in [-0.3, -0.25) is 19.5 Å². The highest BCUT2D eigenvalue weighted by Crippen LogP contribution is 2.38. The number of hydrogen-bond donors (Lipinski definition) is 0. The molecule has 0 unspecified atom stereocenters. The number of aromatic nitrogens is 1. The number of non-ortho nitro benzene ring substituents is 1. The Balaban J connectivity index is 2.35. The molecular weight excluding hydrogens is 396 g/mol.